The number of aromatic nitrogens is 2. The molecule has 0 saturated heterocycles. The number of fused-ring (bicyclic) bond motifs is 1. The van der Waals surface area contributed by atoms with Crippen molar-refractivity contribution in [3.8, 4) is 0 Å². The lowest BCUT2D eigenvalue weighted by Gasteiger charge is -2.18. The number of nitrogens with one attached hydrogen (secondary N) is 1. The molecule has 0 aromatic carbocycles. The maximum Gasteiger partial charge on any atom is 0.108 e. The van der Waals surface area contributed by atoms with E-state index >= 15 is 0 Å². The summed E-state index contributed by atoms with van der Waals surface area (Å²) in [6, 6.07) is 0. The number of aromatic amines is 1. The molecule has 3 rings (SSSR count). The zero-order chi connectivity index (χ0) is 9.54. The van der Waals surface area contributed by atoms with Gasteiger partial charge >= 0.3 is 0 Å². The molecule has 0 bridgehead atoms. The molecule has 3 heteroatoms. The van der Waals surface area contributed by atoms with Crippen LogP contribution in [0.2, 0.25) is 0 Å². The van der Waals surface area contributed by atoms with E-state index in [1.807, 2.05) is 6.20 Å². The number of hydrogen-bond acceptors (Lipinski definition) is 2. The van der Waals surface area contributed by atoms with Crippen LogP contribution in [-0.4, -0.2) is 21.2 Å². The molecular formula is C11H16N2O. The third-order valence-corrected chi connectivity index (χ3v) is 3.78. The third-order valence-electron chi connectivity index (χ3n) is 3.78. The van der Waals surface area contributed by atoms with Gasteiger partial charge in [-0.05, 0) is 37.0 Å². The van der Waals surface area contributed by atoms with Gasteiger partial charge in [-0.3, -0.25) is 0 Å². The van der Waals surface area contributed by atoms with Crippen LogP contribution in [0.15, 0.2) is 12.4 Å². The Balaban J connectivity index is 1.58. The molecule has 14 heavy (non-hydrogen) atoms. The second kappa shape index (κ2) is 3.09. The van der Waals surface area contributed by atoms with Crippen LogP contribution in [0, 0.1) is 17.8 Å². The van der Waals surface area contributed by atoms with Gasteiger partial charge in [-0.15, -0.1) is 0 Å². The molecule has 1 aromatic rings. The maximum atomic E-state index is 10.00. The Hall–Kier alpha value is -0.830. The fourth-order valence-electron chi connectivity index (χ4n) is 2.85. The van der Waals surface area contributed by atoms with Gasteiger partial charge in [-0.2, -0.15) is 0 Å². The van der Waals surface area contributed by atoms with E-state index in [-0.39, 0.29) is 6.10 Å². The lowest BCUT2D eigenvalue weighted by atomic mass is 9.94. The summed E-state index contributed by atoms with van der Waals surface area (Å²) in [7, 11) is 0. The lowest BCUT2D eigenvalue weighted by molar-refractivity contribution is 0.102. The van der Waals surface area contributed by atoms with Gasteiger partial charge in [-0.25, -0.2) is 4.98 Å². The molecule has 2 saturated carbocycles. The first-order valence-electron chi connectivity index (χ1n) is 5.49. The molecule has 2 fully saturated rings. The molecule has 2 N–H and O–H groups in total. The fourth-order valence-corrected chi connectivity index (χ4v) is 2.85. The lowest BCUT2D eigenvalue weighted by Crippen LogP contribution is -2.22. The highest BCUT2D eigenvalue weighted by molar-refractivity contribution is 5.00. The van der Waals surface area contributed by atoms with Crippen molar-refractivity contribution in [3.05, 3.63) is 18.2 Å². The third kappa shape index (κ3) is 1.46. The van der Waals surface area contributed by atoms with E-state index < -0.39 is 0 Å². The predicted octanol–water partition coefficient (Wildman–Crippen LogP) is 1.36. The van der Waals surface area contributed by atoms with Crippen LogP contribution in [-0.2, 0) is 6.42 Å². The van der Waals surface area contributed by atoms with Crippen molar-refractivity contribution < 1.29 is 5.11 Å². The number of nitrogens with zero attached hydrogens (tertiary/aromatic N) is 1. The first-order valence-corrected chi connectivity index (χ1v) is 5.49. The van der Waals surface area contributed by atoms with Crippen LogP contribution in [0.4, 0.5) is 0 Å². The van der Waals surface area contributed by atoms with Crippen molar-refractivity contribution in [3.63, 3.8) is 0 Å². The first kappa shape index (κ1) is 8.48. The van der Waals surface area contributed by atoms with E-state index in [1.165, 1.54) is 19.3 Å². The van der Waals surface area contributed by atoms with Crippen molar-refractivity contribution in [1.82, 2.24) is 9.97 Å². The van der Waals surface area contributed by atoms with Crippen LogP contribution in [0.1, 0.15) is 25.1 Å². The monoisotopic (exact) mass is 192 g/mol. The Morgan fingerprint density at radius 3 is 2.86 bits per heavy atom. The average Bonchev–Trinajstić information content (AvgIpc) is 2.68. The van der Waals surface area contributed by atoms with Gasteiger partial charge < -0.3 is 10.1 Å². The van der Waals surface area contributed by atoms with Crippen molar-refractivity contribution >= 4 is 0 Å². The summed E-state index contributed by atoms with van der Waals surface area (Å²) in [5, 5.41) is 10.00. The van der Waals surface area contributed by atoms with Gasteiger partial charge in [0.05, 0.1) is 6.10 Å². The highest BCUT2D eigenvalue weighted by Crippen LogP contribution is 2.55. The standard InChI is InChI=1S/C11H16N2O/c14-10(6-11-12-1-2-13-11)9-4-7-3-8(7)5-9/h1-2,7-10,14H,3-6H2,(H,12,13). The Kier molecular flexibility index (Phi) is 1.87. The molecule has 2 aliphatic carbocycles. The van der Waals surface area contributed by atoms with Gasteiger partial charge in [0.2, 0.25) is 0 Å². The van der Waals surface area contributed by atoms with Gasteiger partial charge in [-0.1, -0.05) is 0 Å². The molecule has 1 aromatic heterocycles. The largest absolute Gasteiger partial charge is 0.392 e. The van der Waals surface area contributed by atoms with Gasteiger partial charge in [0.15, 0.2) is 0 Å². The molecular weight excluding hydrogens is 176 g/mol. The molecule has 0 aliphatic heterocycles. The predicted molar refractivity (Wildman–Crippen MR) is 52.6 cm³/mol. The number of aliphatic hydroxyl groups is 1. The minimum Gasteiger partial charge on any atom is -0.392 e. The van der Waals surface area contributed by atoms with E-state index in [0.717, 1.165) is 17.7 Å². The number of hydrogen-bond donors (Lipinski definition) is 2. The molecule has 3 unspecified atom stereocenters. The molecule has 0 amide bonds. The van der Waals surface area contributed by atoms with Crippen LogP contribution in [0.25, 0.3) is 0 Å². The van der Waals surface area contributed by atoms with E-state index in [9.17, 15) is 5.11 Å². The molecule has 0 spiro atoms. The number of aliphatic hydroxyl groups excluding tert-OH is 1. The van der Waals surface area contributed by atoms with Crippen LogP contribution in [0.3, 0.4) is 0 Å². The Morgan fingerprint density at radius 2 is 2.21 bits per heavy atom. The van der Waals surface area contributed by atoms with Crippen molar-refractivity contribution in [2.45, 2.75) is 31.8 Å². The maximum absolute atomic E-state index is 10.00. The first-order chi connectivity index (χ1) is 6.83. The highest BCUT2D eigenvalue weighted by Gasteiger charge is 2.47. The second-order valence-electron chi connectivity index (χ2n) is 4.79. The quantitative estimate of drug-likeness (QED) is 0.759. The molecule has 2 aliphatic rings. The minimum absolute atomic E-state index is 0.186. The van der Waals surface area contributed by atoms with Gasteiger partial charge in [0.1, 0.15) is 5.82 Å². The summed E-state index contributed by atoms with van der Waals surface area (Å²) < 4.78 is 0. The molecule has 3 nitrogen and oxygen atoms in total. The second-order valence-corrected chi connectivity index (χ2v) is 4.79. The molecule has 3 atom stereocenters. The number of H-pyrrole nitrogens is 1. The topological polar surface area (TPSA) is 48.9 Å². The van der Waals surface area contributed by atoms with Crippen molar-refractivity contribution in [1.29, 1.82) is 0 Å². The summed E-state index contributed by atoms with van der Waals surface area (Å²) in [5.41, 5.74) is 0. The van der Waals surface area contributed by atoms with Crippen LogP contribution < -0.4 is 0 Å². The molecule has 76 valence electrons. The highest BCUT2D eigenvalue weighted by atomic mass is 16.3. The Labute approximate surface area is 83.6 Å². The number of imidazole rings is 1. The summed E-state index contributed by atoms with van der Waals surface area (Å²) in [6.45, 7) is 0. The summed E-state index contributed by atoms with van der Waals surface area (Å²) in [6.07, 6.45) is 7.97. The summed E-state index contributed by atoms with van der Waals surface area (Å²) in [5.74, 6) is 3.35. The average molecular weight is 192 g/mol. The minimum atomic E-state index is -0.186. The van der Waals surface area contributed by atoms with E-state index in [0.29, 0.717) is 12.3 Å². The van der Waals surface area contributed by atoms with Gasteiger partial charge in [0, 0.05) is 18.8 Å². The fraction of sp³-hybridized carbons (Fsp3) is 0.727. The Bertz CT molecular complexity index is 299. The Morgan fingerprint density at radius 1 is 1.43 bits per heavy atom. The summed E-state index contributed by atoms with van der Waals surface area (Å²) >= 11 is 0. The normalized spacial score (nSPS) is 36.8. The summed E-state index contributed by atoms with van der Waals surface area (Å²) in [4.78, 5) is 7.19. The zero-order valence-corrected chi connectivity index (χ0v) is 8.19. The smallest absolute Gasteiger partial charge is 0.108 e. The van der Waals surface area contributed by atoms with E-state index in [2.05, 4.69) is 9.97 Å². The van der Waals surface area contributed by atoms with Gasteiger partial charge in [0.25, 0.3) is 0 Å². The van der Waals surface area contributed by atoms with Crippen LogP contribution >= 0.6 is 0 Å². The van der Waals surface area contributed by atoms with E-state index in [4.69, 9.17) is 0 Å². The molecule has 1 heterocycles. The van der Waals surface area contributed by atoms with Crippen molar-refractivity contribution in [2.24, 2.45) is 17.8 Å². The van der Waals surface area contributed by atoms with Crippen molar-refractivity contribution in [2.75, 3.05) is 0 Å². The molecule has 0 radical (unpaired) electrons. The number of rotatable bonds is 3. The SMILES string of the molecule is OC(Cc1ncc[nH]1)C1CC2CC2C1. The van der Waals surface area contributed by atoms with Crippen LogP contribution in [0.5, 0.6) is 0 Å². The zero-order valence-electron chi connectivity index (χ0n) is 8.19. The van der Waals surface area contributed by atoms with E-state index in [1.54, 1.807) is 6.20 Å².